The molecular formula is C52H97NO8P+. The lowest BCUT2D eigenvalue weighted by atomic mass is 10.0. The number of phosphoric ester groups is 1. The van der Waals surface area contributed by atoms with E-state index in [1.54, 1.807) is 0 Å². The van der Waals surface area contributed by atoms with Gasteiger partial charge < -0.3 is 18.9 Å². The summed E-state index contributed by atoms with van der Waals surface area (Å²) in [5.74, 6) is -0.819. The monoisotopic (exact) mass is 895 g/mol. The highest BCUT2D eigenvalue weighted by Gasteiger charge is 2.27. The number of ether oxygens (including phenoxy) is 2. The summed E-state index contributed by atoms with van der Waals surface area (Å²) in [5, 5.41) is 0. The molecule has 0 bridgehead atoms. The molecule has 9 nitrogen and oxygen atoms in total. The van der Waals surface area contributed by atoms with Crippen molar-refractivity contribution in [2.45, 2.75) is 225 Å². The van der Waals surface area contributed by atoms with Crippen LogP contribution in [0.15, 0.2) is 48.6 Å². The van der Waals surface area contributed by atoms with Gasteiger partial charge in [0.2, 0.25) is 0 Å². The number of hydrogen-bond acceptors (Lipinski definition) is 7. The molecule has 10 heteroatoms. The fraction of sp³-hybridized carbons (Fsp3) is 0.808. The molecule has 0 amide bonds. The molecule has 1 unspecified atom stereocenters. The summed E-state index contributed by atoms with van der Waals surface area (Å²) in [4.78, 5) is 35.5. The zero-order valence-corrected chi connectivity index (χ0v) is 41.7. The Morgan fingerprint density at radius 1 is 0.516 bits per heavy atom. The highest BCUT2D eigenvalue weighted by atomic mass is 31.2. The van der Waals surface area contributed by atoms with E-state index in [1.807, 2.05) is 21.1 Å². The summed E-state index contributed by atoms with van der Waals surface area (Å²) in [7, 11) is 1.46. The number of rotatable bonds is 46. The summed E-state index contributed by atoms with van der Waals surface area (Å²) in [5.41, 5.74) is 0. The Morgan fingerprint density at radius 2 is 0.919 bits per heavy atom. The molecule has 0 aliphatic heterocycles. The molecule has 0 saturated carbocycles. The lowest BCUT2D eigenvalue weighted by Gasteiger charge is -2.24. The summed E-state index contributed by atoms with van der Waals surface area (Å²) in [6.07, 6.45) is 53.1. The smallest absolute Gasteiger partial charge is 0.462 e. The van der Waals surface area contributed by atoms with Crippen molar-refractivity contribution in [2.75, 3.05) is 47.5 Å². The zero-order valence-electron chi connectivity index (χ0n) is 40.9. The van der Waals surface area contributed by atoms with Crippen LogP contribution in [0.25, 0.3) is 0 Å². The van der Waals surface area contributed by atoms with E-state index in [0.717, 1.165) is 70.6 Å². The normalized spacial score (nSPS) is 13.8. The number of allylic oxidation sites excluding steroid dienone is 8. The summed E-state index contributed by atoms with van der Waals surface area (Å²) in [6.45, 7) is 4.31. The average molecular weight is 895 g/mol. The Morgan fingerprint density at radius 3 is 1.37 bits per heavy atom. The van der Waals surface area contributed by atoms with E-state index in [1.165, 1.54) is 116 Å². The van der Waals surface area contributed by atoms with Crippen molar-refractivity contribution in [3.63, 3.8) is 0 Å². The van der Waals surface area contributed by atoms with E-state index < -0.39 is 26.5 Å². The second-order valence-electron chi connectivity index (χ2n) is 18.2. The van der Waals surface area contributed by atoms with Crippen molar-refractivity contribution >= 4 is 19.8 Å². The molecule has 0 saturated heterocycles. The van der Waals surface area contributed by atoms with Crippen molar-refractivity contribution in [3.8, 4) is 0 Å². The maximum absolute atomic E-state index is 12.7. The molecule has 0 rings (SSSR count). The van der Waals surface area contributed by atoms with Gasteiger partial charge in [-0.05, 0) is 51.4 Å². The number of carbonyl (C=O) groups excluding carboxylic acids is 2. The minimum absolute atomic E-state index is 0.0263. The SMILES string of the molecule is CC/C=C\C/C=C\C/C=C\C/C=C\CCCCCCC(=O)O[C@H](COC(=O)CCCCCCCCCCCCCCCCCCCCCCC)COP(=O)(O)OCC[N+](C)(C)C. The third-order valence-corrected chi connectivity index (χ3v) is 11.9. The highest BCUT2D eigenvalue weighted by Crippen LogP contribution is 2.43. The molecular weight excluding hydrogens is 798 g/mol. The van der Waals surface area contributed by atoms with E-state index in [0.29, 0.717) is 17.4 Å². The molecule has 0 fully saturated rings. The second-order valence-corrected chi connectivity index (χ2v) is 19.6. The van der Waals surface area contributed by atoms with Gasteiger partial charge in [-0.25, -0.2) is 4.57 Å². The molecule has 0 spiro atoms. The van der Waals surface area contributed by atoms with Gasteiger partial charge in [-0.15, -0.1) is 0 Å². The van der Waals surface area contributed by atoms with Crippen molar-refractivity contribution in [1.29, 1.82) is 0 Å². The molecule has 362 valence electrons. The summed E-state index contributed by atoms with van der Waals surface area (Å²) >= 11 is 0. The second kappa shape index (κ2) is 44.2. The summed E-state index contributed by atoms with van der Waals surface area (Å²) in [6, 6.07) is 0. The number of nitrogens with zero attached hydrogens (tertiary/aromatic N) is 1. The number of phosphoric acid groups is 1. The molecule has 0 aromatic carbocycles. The standard InChI is InChI=1S/C52H96NO8P/c1-6-8-10-12-14-16-18-20-22-24-25-26-27-29-30-32-34-36-38-40-42-44-51(54)58-48-50(49-60-62(56,57)59-47-46-53(3,4)5)61-52(55)45-43-41-39-37-35-33-31-28-23-21-19-17-15-13-11-9-7-2/h9,11,15,17,21,23,31,33,50H,6-8,10,12-14,16,18-20,22,24-30,32,34-49H2,1-5H3/p+1/b11-9-,17-15-,23-21-,33-31-/t50-/m1/s1. The van der Waals surface area contributed by atoms with Gasteiger partial charge in [-0.1, -0.05) is 204 Å². The van der Waals surface area contributed by atoms with Crippen molar-refractivity contribution in [3.05, 3.63) is 48.6 Å². The lowest BCUT2D eigenvalue weighted by molar-refractivity contribution is -0.870. The predicted octanol–water partition coefficient (Wildman–Crippen LogP) is 15.0. The molecule has 0 aromatic heterocycles. The lowest BCUT2D eigenvalue weighted by Crippen LogP contribution is -2.37. The number of quaternary nitrogens is 1. The zero-order chi connectivity index (χ0) is 45.7. The Kier molecular flexibility index (Phi) is 42.7. The molecule has 0 heterocycles. The van der Waals surface area contributed by atoms with Gasteiger partial charge in [0.1, 0.15) is 19.8 Å². The molecule has 0 aliphatic rings. The first-order valence-electron chi connectivity index (χ1n) is 25.4. The van der Waals surface area contributed by atoms with Crippen LogP contribution in [0, 0.1) is 0 Å². The Hall–Kier alpha value is -2.03. The van der Waals surface area contributed by atoms with Crippen molar-refractivity contribution < 1.29 is 42.1 Å². The van der Waals surface area contributed by atoms with Crippen LogP contribution >= 0.6 is 7.82 Å². The van der Waals surface area contributed by atoms with E-state index >= 15 is 0 Å². The number of carbonyl (C=O) groups is 2. The van der Waals surface area contributed by atoms with E-state index in [2.05, 4.69) is 62.5 Å². The minimum Gasteiger partial charge on any atom is -0.462 e. The van der Waals surface area contributed by atoms with Gasteiger partial charge >= 0.3 is 19.8 Å². The fourth-order valence-corrected chi connectivity index (χ4v) is 7.69. The number of esters is 2. The van der Waals surface area contributed by atoms with E-state index in [4.69, 9.17) is 18.5 Å². The summed E-state index contributed by atoms with van der Waals surface area (Å²) < 4.78 is 34.4. The van der Waals surface area contributed by atoms with Gasteiger partial charge in [-0.3, -0.25) is 18.6 Å². The van der Waals surface area contributed by atoms with Gasteiger partial charge in [-0.2, -0.15) is 0 Å². The maximum Gasteiger partial charge on any atom is 0.472 e. The Bertz CT molecular complexity index is 1190. The number of unbranched alkanes of at least 4 members (excludes halogenated alkanes) is 24. The molecule has 0 radical (unpaired) electrons. The third kappa shape index (κ3) is 47.4. The Labute approximate surface area is 382 Å². The molecule has 1 N–H and O–H groups in total. The van der Waals surface area contributed by atoms with Crippen molar-refractivity contribution in [2.24, 2.45) is 0 Å². The quantitative estimate of drug-likeness (QED) is 0.0212. The van der Waals surface area contributed by atoms with Crippen molar-refractivity contribution in [1.82, 2.24) is 0 Å². The largest absolute Gasteiger partial charge is 0.472 e. The average Bonchev–Trinajstić information content (AvgIpc) is 3.23. The first kappa shape index (κ1) is 60.0. The van der Waals surface area contributed by atoms with Crippen LogP contribution in [0.5, 0.6) is 0 Å². The first-order chi connectivity index (χ1) is 30.0. The van der Waals surface area contributed by atoms with E-state index in [-0.39, 0.29) is 32.0 Å². The highest BCUT2D eigenvalue weighted by molar-refractivity contribution is 7.47. The van der Waals surface area contributed by atoms with Crippen LogP contribution in [0.1, 0.15) is 219 Å². The fourth-order valence-electron chi connectivity index (χ4n) is 6.95. The number of likely N-dealkylation sites (N-methyl/N-ethyl adjacent to an activating group) is 1. The molecule has 0 aromatic rings. The molecule has 2 atom stereocenters. The van der Waals surface area contributed by atoms with Gasteiger partial charge in [0.05, 0.1) is 27.7 Å². The van der Waals surface area contributed by atoms with Crippen LogP contribution in [0.3, 0.4) is 0 Å². The van der Waals surface area contributed by atoms with E-state index in [9.17, 15) is 19.0 Å². The van der Waals surface area contributed by atoms with Crippen LogP contribution < -0.4 is 0 Å². The first-order valence-corrected chi connectivity index (χ1v) is 26.9. The molecule has 62 heavy (non-hydrogen) atoms. The van der Waals surface area contributed by atoms with Crippen LogP contribution in [-0.4, -0.2) is 74.9 Å². The topological polar surface area (TPSA) is 108 Å². The predicted molar refractivity (Wildman–Crippen MR) is 261 cm³/mol. The van der Waals surface area contributed by atoms with Gasteiger partial charge in [0.25, 0.3) is 0 Å². The molecule has 0 aliphatic carbocycles. The van der Waals surface area contributed by atoms with Gasteiger partial charge in [0.15, 0.2) is 6.10 Å². The van der Waals surface area contributed by atoms with Crippen LogP contribution in [0.4, 0.5) is 0 Å². The minimum atomic E-state index is -4.39. The van der Waals surface area contributed by atoms with Gasteiger partial charge in [0, 0.05) is 12.8 Å². The Balaban J connectivity index is 4.26. The van der Waals surface area contributed by atoms with Crippen LogP contribution in [-0.2, 0) is 32.7 Å². The maximum atomic E-state index is 12.7. The van der Waals surface area contributed by atoms with Crippen LogP contribution in [0.2, 0.25) is 0 Å². The number of hydrogen-bond donors (Lipinski definition) is 1. The third-order valence-electron chi connectivity index (χ3n) is 10.9.